The van der Waals surface area contributed by atoms with E-state index in [2.05, 4.69) is 48.3 Å². The Morgan fingerprint density at radius 3 is 2.94 bits per heavy atom. The van der Waals surface area contributed by atoms with Crippen LogP contribution in [0.25, 0.3) is 0 Å². The van der Waals surface area contributed by atoms with Gasteiger partial charge in [-0.2, -0.15) is 0 Å². The third-order valence-corrected chi connectivity index (χ3v) is 4.23. The van der Waals surface area contributed by atoms with Crippen LogP contribution >= 0.6 is 27.7 Å². The molecule has 2 aromatic rings. The van der Waals surface area contributed by atoms with Crippen LogP contribution in [0.5, 0.6) is 0 Å². The highest BCUT2D eigenvalue weighted by Crippen LogP contribution is 2.33. The van der Waals surface area contributed by atoms with E-state index < -0.39 is 0 Å². The Kier molecular flexibility index (Phi) is 4.54. The number of anilines is 1. The highest BCUT2D eigenvalue weighted by atomic mass is 79.9. The predicted molar refractivity (Wildman–Crippen MR) is 73.6 cm³/mol. The predicted octanol–water partition coefficient (Wildman–Crippen LogP) is 2.34. The van der Waals surface area contributed by atoms with Crippen molar-refractivity contribution in [2.24, 2.45) is 7.05 Å². The molecule has 2 rings (SSSR count). The fraction of sp³-hybridized carbons (Fsp3) is 0.400. The lowest BCUT2D eigenvalue weighted by Gasteiger charge is -2.08. The molecule has 18 heavy (non-hydrogen) atoms. The molecule has 2 heterocycles. The third kappa shape index (κ3) is 2.99. The molecule has 0 atom stereocenters. The minimum Gasteiger partial charge on any atom is -0.369 e. The molecule has 96 valence electrons. The second-order valence-electron chi connectivity index (χ2n) is 3.59. The van der Waals surface area contributed by atoms with Crippen molar-refractivity contribution in [1.29, 1.82) is 0 Å². The first-order valence-electron chi connectivity index (χ1n) is 5.48. The van der Waals surface area contributed by atoms with Crippen LogP contribution in [0.1, 0.15) is 13.3 Å². The number of hydrogen-bond acceptors (Lipinski definition) is 6. The number of aryl methyl sites for hydroxylation is 1. The highest BCUT2D eigenvalue weighted by Gasteiger charge is 2.12. The summed E-state index contributed by atoms with van der Waals surface area (Å²) in [6.07, 6.45) is 4.25. The van der Waals surface area contributed by atoms with Crippen LogP contribution in [-0.4, -0.2) is 31.3 Å². The second-order valence-corrected chi connectivity index (χ2v) is 5.34. The third-order valence-electron chi connectivity index (χ3n) is 2.16. The van der Waals surface area contributed by atoms with Crippen LogP contribution in [0.3, 0.4) is 0 Å². The molecule has 0 aliphatic carbocycles. The number of halogens is 1. The summed E-state index contributed by atoms with van der Waals surface area (Å²) in [5.41, 5.74) is 0. The van der Waals surface area contributed by atoms with E-state index in [0.717, 1.165) is 33.4 Å². The fourth-order valence-electron chi connectivity index (χ4n) is 1.24. The van der Waals surface area contributed by atoms with Crippen molar-refractivity contribution in [1.82, 2.24) is 24.7 Å². The largest absolute Gasteiger partial charge is 0.369 e. The number of hydrogen-bond donors (Lipinski definition) is 1. The van der Waals surface area contributed by atoms with Crippen molar-refractivity contribution in [2.45, 2.75) is 23.5 Å². The average molecular weight is 329 g/mol. The highest BCUT2D eigenvalue weighted by molar-refractivity contribution is 9.10. The molecule has 0 radical (unpaired) electrons. The van der Waals surface area contributed by atoms with E-state index in [1.165, 1.54) is 11.8 Å². The maximum absolute atomic E-state index is 4.25. The first-order chi connectivity index (χ1) is 8.72. The van der Waals surface area contributed by atoms with Gasteiger partial charge in [0, 0.05) is 13.6 Å². The van der Waals surface area contributed by atoms with Crippen LogP contribution in [0, 0.1) is 0 Å². The zero-order valence-corrected chi connectivity index (χ0v) is 12.5. The minimum atomic E-state index is 0.788. The Morgan fingerprint density at radius 1 is 1.44 bits per heavy atom. The van der Waals surface area contributed by atoms with Gasteiger partial charge in [-0.05, 0) is 34.1 Å². The fourth-order valence-corrected chi connectivity index (χ4v) is 2.57. The number of aromatic nitrogens is 5. The molecule has 0 amide bonds. The normalized spacial score (nSPS) is 10.6. The van der Waals surface area contributed by atoms with Crippen molar-refractivity contribution < 1.29 is 0 Å². The first kappa shape index (κ1) is 13.3. The lowest BCUT2D eigenvalue weighted by Crippen LogP contribution is -2.04. The molecular formula is C10H13BrN6S. The molecule has 0 saturated heterocycles. The molecule has 2 aromatic heterocycles. The average Bonchev–Trinajstić information content (AvgIpc) is 2.76. The van der Waals surface area contributed by atoms with Gasteiger partial charge in [-0.1, -0.05) is 6.92 Å². The molecule has 0 spiro atoms. The van der Waals surface area contributed by atoms with E-state index in [4.69, 9.17) is 0 Å². The smallest absolute Gasteiger partial charge is 0.197 e. The van der Waals surface area contributed by atoms with Gasteiger partial charge in [-0.25, -0.2) is 9.97 Å². The molecule has 1 N–H and O–H groups in total. The summed E-state index contributed by atoms with van der Waals surface area (Å²) in [5, 5.41) is 12.7. The summed E-state index contributed by atoms with van der Waals surface area (Å²) >= 11 is 4.96. The molecular weight excluding hydrogens is 316 g/mol. The second kappa shape index (κ2) is 6.14. The minimum absolute atomic E-state index is 0.788. The first-order valence-corrected chi connectivity index (χ1v) is 7.09. The van der Waals surface area contributed by atoms with Crippen molar-refractivity contribution in [2.75, 3.05) is 11.9 Å². The van der Waals surface area contributed by atoms with E-state index in [9.17, 15) is 0 Å². The zero-order valence-electron chi connectivity index (χ0n) is 10.1. The van der Waals surface area contributed by atoms with E-state index in [1.54, 1.807) is 12.7 Å². The van der Waals surface area contributed by atoms with Crippen LogP contribution in [0.15, 0.2) is 27.3 Å². The van der Waals surface area contributed by atoms with Gasteiger partial charge < -0.3 is 9.88 Å². The van der Waals surface area contributed by atoms with Gasteiger partial charge in [0.15, 0.2) is 5.16 Å². The quantitative estimate of drug-likeness (QED) is 0.849. The van der Waals surface area contributed by atoms with Crippen LogP contribution < -0.4 is 5.32 Å². The van der Waals surface area contributed by atoms with Gasteiger partial charge >= 0.3 is 0 Å². The van der Waals surface area contributed by atoms with Crippen LogP contribution in [0.4, 0.5) is 5.82 Å². The van der Waals surface area contributed by atoms with Crippen molar-refractivity contribution in [3.63, 3.8) is 0 Å². The van der Waals surface area contributed by atoms with Crippen molar-refractivity contribution in [3.05, 3.63) is 17.1 Å². The van der Waals surface area contributed by atoms with Crippen molar-refractivity contribution in [3.8, 4) is 0 Å². The molecule has 8 heteroatoms. The lowest BCUT2D eigenvalue weighted by atomic mass is 10.4. The van der Waals surface area contributed by atoms with Gasteiger partial charge in [0.2, 0.25) is 0 Å². The molecule has 0 bridgehead atoms. The number of rotatable bonds is 5. The molecule has 6 nitrogen and oxygen atoms in total. The SMILES string of the molecule is CCCNc1ncnc(Sc2nncn2C)c1Br. The summed E-state index contributed by atoms with van der Waals surface area (Å²) in [7, 11) is 1.90. The maximum Gasteiger partial charge on any atom is 0.197 e. The molecule has 0 aliphatic rings. The standard InChI is InChI=1S/C10H13BrN6S/c1-3-4-12-8-7(11)9(14-5-13-8)18-10-16-15-6-17(10)2/h5-6H,3-4H2,1-2H3,(H,12,13,14). The Labute approximate surface area is 118 Å². The van der Waals surface area contributed by atoms with Gasteiger partial charge in [0.05, 0.1) is 4.47 Å². The molecule has 0 unspecified atom stereocenters. The van der Waals surface area contributed by atoms with Gasteiger partial charge in [0.25, 0.3) is 0 Å². The van der Waals surface area contributed by atoms with E-state index in [0.29, 0.717) is 0 Å². The zero-order chi connectivity index (χ0) is 13.0. The van der Waals surface area contributed by atoms with E-state index in [-0.39, 0.29) is 0 Å². The van der Waals surface area contributed by atoms with Gasteiger partial charge in [0.1, 0.15) is 23.5 Å². The van der Waals surface area contributed by atoms with E-state index in [1.807, 2.05) is 11.6 Å². The lowest BCUT2D eigenvalue weighted by molar-refractivity contribution is 0.786. The summed E-state index contributed by atoms with van der Waals surface area (Å²) in [6, 6.07) is 0. The van der Waals surface area contributed by atoms with Gasteiger partial charge in [-0.3, -0.25) is 0 Å². The molecule has 0 aliphatic heterocycles. The molecule has 0 aromatic carbocycles. The topological polar surface area (TPSA) is 68.5 Å². The van der Waals surface area contributed by atoms with Crippen LogP contribution in [-0.2, 0) is 7.05 Å². The number of nitrogens with zero attached hydrogens (tertiary/aromatic N) is 5. The molecule has 0 saturated carbocycles. The van der Waals surface area contributed by atoms with Crippen molar-refractivity contribution >= 4 is 33.5 Å². The Balaban J connectivity index is 2.21. The monoisotopic (exact) mass is 328 g/mol. The summed E-state index contributed by atoms with van der Waals surface area (Å²) < 4.78 is 2.70. The van der Waals surface area contributed by atoms with Crippen LogP contribution in [0.2, 0.25) is 0 Å². The summed E-state index contributed by atoms with van der Waals surface area (Å²) in [6.45, 7) is 2.99. The maximum atomic E-state index is 4.25. The van der Waals surface area contributed by atoms with E-state index >= 15 is 0 Å². The summed E-state index contributed by atoms with van der Waals surface area (Å²) in [4.78, 5) is 8.45. The Hall–Kier alpha value is -1.15. The molecule has 0 fully saturated rings. The summed E-state index contributed by atoms with van der Waals surface area (Å²) in [5.74, 6) is 0.802. The Morgan fingerprint density at radius 2 is 2.28 bits per heavy atom. The Bertz CT molecular complexity index is 529. The number of nitrogens with one attached hydrogen (secondary N) is 1. The van der Waals surface area contributed by atoms with Gasteiger partial charge in [-0.15, -0.1) is 10.2 Å².